The van der Waals surface area contributed by atoms with Gasteiger partial charge in [0.25, 0.3) is 0 Å². The van der Waals surface area contributed by atoms with E-state index in [0.29, 0.717) is 0 Å². The van der Waals surface area contributed by atoms with Crippen LogP contribution in [0.3, 0.4) is 0 Å². The molecule has 74 valence electrons. The molecule has 0 rings (SSSR count). The van der Waals surface area contributed by atoms with Crippen molar-refractivity contribution in [2.24, 2.45) is 0 Å². The maximum absolute atomic E-state index is 8.97. The van der Waals surface area contributed by atoms with Crippen LogP contribution in [-0.2, 0) is 0 Å². The van der Waals surface area contributed by atoms with Crippen molar-refractivity contribution in [3.05, 3.63) is 0 Å². The first-order chi connectivity index (χ1) is 5.77. The quantitative estimate of drug-likeness (QED) is 0.550. The standard InChI is InChI=1S/C10H23NO/c1-3-4-8-11-9-6-5-7-10(2)12/h10-12H,3-9H2,1-2H3. The molecule has 2 N–H and O–H groups in total. The Morgan fingerprint density at radius 3 is 2.42 bits per heavy atom. The molecule has 12 heavy (non-hydrogen) atoms. The highest BCUT2D eigenvalue weighted by atomic mass is 16.3. The second-order valence-electron chi connectivity index (χ2n) is 3.45. The zero-order valence-corrected chi connectivity index (χ0v) is 8.47. The molecule has 0 saturated carbocycles. The van der Waals surface area contributed by atoms with Gasteiger partial charge in [-0.3, -0.25) is 0 Å². The van der Waals surface area contributed by atoms with Crippen LogP contribution in [0.25, 0.3) is 0 Å². The lowest BCUT2D eigenvalue weighted by atomic mass is 10.2. The van der Waals surface area contributed by atoms with E-state index in [9.17, 15) is 0 Å². The van der Waals surface area contributed by atoms with Crippen LogP contribution in [0.4, 0.5) is 0 Å². The molecular formula is C10H23NO. The largest absolute Gasteiger partial charge is 0.393 e. The Labute approximate surface area is 76.4 Å². The number of hydrogen-bond acceptors (Lipinski definition) is 2. The van der Waals surface area contributed by atoms with Gasteiger partial charge in [0.1, 0.15) is 0 Å². The first-order valence-electron chi connectivity index (χ1n) is 5.16. The lowest BCUT2D eigenvalue weighted by Gasteiger charge is -2.04. The first-order valence-corrected chi connectivity index (χ1v) is 5.16. The van der Waals surface area contributed by atoms with Crippen molar-refractivity contribution in [1.29, 1.82) is 0 Å². The van der Waals surface area contributed by atoms with Crippen molar-refractivity contribution < 1.29 is 5.11 Å². The van der Waals surface area contributed by atoms with Gasteiger partial charge in [0.2, 0.25) is 0 Å². The summed E-state index contributed by atoms with van der Waals surface area (Å²) in [4.78, 5) is 0. The van der Waals surface area contributed by atoms with Crippen LogP contribution in [0.1, 0.15) is 46.0 Å². The van der Waals surface area contributed by atoms with Gasteiger partial charge in [-0.1, -0.05) is 13.3 Å². The number of aliphatic hydroxyl groups excluding tert-OH is 1. The molecule has 0 aromatic heterocycles. The Morgan fingerprint density at radius 2 is 1.83 bits per heavy atom. The minimum atomic E-state index is -0.124. The molecule has 1 unspecified atom stereocenters. The number of hydrogen-bond donors (Lipinski definition) is 2. The Balaban J connectivity index is 2.82. The van der Waals surface area contributed by atoms with Crippen LogP contribution in [0, 0.1) is 0 Å². The van der Waals surface area contributed by atoms with Gasteiger partial charge in [-0.25, -0.2) is 0 Å². The highest BCUT2D eigenvalue weighted by Gasteiger charge is 1.94. The molecule has 0 heterocycles. The third-order valence-electron chi connectivity index (χ3n) is 1.93. The van der Waals surface area contributed by atoms with Gasteiger partial charge in [0.15, 0.2) is 0 Å². The van der Waals surface area contributed by atoms with Gasteiger partial charge in [0.05, 0.1) is 6.10 Å². The van der Waals surface area contributed by atoms with E-state index in [1.807, 2.05) is 6.92 Å². The molecule has 0 aliphatic carbocycles. The van der Waals surface area contributed by atoms with Crippen LogP contribution in [0.15, 0.2) is 0 Å². The molecule has 0 saturated heterocycles. The summed E-state index contributed by atoms with van der Waals surface area (Å²) in [5.41, 5.74) is 0. The third kappa shape index (κ3) is 9.92. The van der Waals surface area contributed by atoms with E-state index in [-0.39, 0.29) is 6.10 Å². The number of nitrogens with one attached hydrogen (secondary N) is 1. The molecule has 0 spiro atoms. The average molecular weight is 173 g/mol. The summed E-state index contributed by atoms with van der Waals surface area (Å²) in [6.07, 6.45) is 5.68. The highest BCUT2D eigenvalue weighted by Crippen LogP contribution is 1.98. The van der Waals surface area contributed by atoms with E-state index in [1.165, 1.54) is 19.3 Å². The Bertz CT molecular complexity index is 83.9. The third-order valence-corrected chi connectivity index (χ3v) is 1.93. The molecule has 1 atom stereocenters. The maximum Gasteiger partial charge on any atom is 0.0512 e. The topological polar surface area (TPSA) is 32.3 Å². The number of aliphatic hydroxyl groups is 1. The van der Waals surface area contributed by atoms with E-state index < -0.39 is 0 Å². The summed E-state index contributed by atoms with van der Waals surface area (Å²) in [7, 11) is 0. The summed E-state index contributed by atoms with van der Waals surface area (Å²) in [5, 5.41) is 12.4. The van der Waals surface area contributed by atoms with E-state index in [4.69, 9.17) is 5.11 Å². The lowest BCUT2D eigenvalue weighted by molar-refractivity contribution is 0.180. The normalized spacial score (nSPS) is 13.2. The molecule has 0 aliphatic rings. The second kappa shape index (κ2) is 9.01. The summed E-state index contributed by atoms with van der Waals surface area (Å²) in [5.74, 6) is 0. The summed E-state index contributed by atoms with van der Waals surface area (Å²) in [6, 6.07) is 0. The molecule has 0 aromatic rings. The predicted octanol–water partition coefficient (Wildman–Crippen LogP) is 1.93. The second-order valence-corrected chi connectivity index (χ2v) is 3.45. The van der Waals surface area contributed by atoms with Crippen LogP contribution >= 0.6 is 0 Å². The number of rotatable bonds is 8. The van der Waals surface area contributed by atoms with Crippen molar-refractivity contribution in [2.45, 2.75) is 52.1 Å². The Hall–Kier alpha value is -0.0800. The van der Waals surface area contributed by atoms with Crippen molar-refractivity contribution in [2.75, 3.05) is 13.1 Å². The van der Waals surface area contributed by atoms with Crippen LogP contribution in [0.2, 0.25) is 0 Å². The zero-order chi connectivity index (χ0) is 9.23. The fraction of sp³-hybridized carbons (Fsp3) is 1.00. The van der Waals surface area contributed by atoms with Gasteiger partial charge >= 0.3 is 0 Å². The van der Waals surface area contributed by atoms with E-state index in [1.54, 1.807) is 0 Å². The lowest BCUT2D eigenvalue weighted by Crippen LogP contribution is -2.16. The van der Waals surface area contributed by atoms with Gasteiger partial charge in [0, 0.05) is 0 Å². The SMILES string of the molecule is CCCCNCCCCC(C)O. The van der Waals surface area contributed by atoms with Gasteiger partial charge in [-0.05, 0) is 45.7 Å². The number of unbranched alkanes of at least 4 members (excludes halogenated alkanes) is 2. The van der Waals surface area contributed by atoms with Gasteiger partial charge in [-0.2, -0.15) is 0 Å². The zero-order valence-electron chi connectivity index (χ0n) is 8.47. The van der Waals surface area contributed by atoms with E-state index in [0.717, 1.165) is 25.9 Å². The van der Waals surface area contributed by atoms with Crippen molar-refractivity contribution in [3.8, 4) is 0 Å². The molecule has 2 nitrogen and oxygen atoms in total. The molecule has 0 bridgehead atoms. The van der Waals surface area contributed by atoms with E-state index >= 15 is 0 Å². The molecule has 0 aliphatic heterocycles. The summed E-state index contributed by atoms with van der Waals surface area (Å²) < 4.78 is 0. The van der Waals surface area contributed by atoms with Crippen molar-refractivity contribution in [1.82, 2.24) is 5.32 Å². The monoisotopic (exact) mass is 173 g/mol. The Morgan fingerprint density at radius 1 is 1.17 bits per heavy atom. The molecule has 0 fully saturated rings. The average Bonchev–Trinajstić information content (AvgIpc) is 2.02. The smallest absolute Gasteiger partial charge is 0.0512 e. The Kier molecular flexibility index (Phi) is 8.95. The fourth-order valence-corrected chi connectivity index (χ4v) is 1.12. The van der Waals surface area contributed by atoms with Gasteiger partial charge in [-0.15, -0.1) is 0 Å². The first kappa shape index (κ1) is 11.9. The summed E-state index contributed by atoms with van der Waals surface area (Å²) >= 11 is 0. The fourth-order valence-electron chi connectivity index (χ4n) is 1.12. The predicted molar refractivity (Wildman–Crippen MR) is 53.3 cm³/mol. The van der Waals surface area contributed by atoms with Crippen LogP contribution in [-0.4, -0.2) is 24.3 Å². The van der Waals surface area contributed by atoms with Crippen molar-refractivity contribution in [3.63, 3.8) is 0 Å². The highest BCUT2D eigenvalue weighted by molar-refractivity contribution is 4.51. The van der Waals surface area contributed by atoms with Crippen LogP contribution in [0.5, 0.6) is 0 Å². The van der Waals surface area contributed by atoms with Crippen molar-refractivity contribution >= 4 is 0 Å². The van der Waals surface area contributed by atoms with Crippen LogP contribution < -0.4 is 5.32 Å². The minimum absolute atomic E-state index is 0.124. The van der Waals surface area contributed by atoms with Gasteiger partial charge < -0.3 is 10.4 Å². The molecule has 0 radical (unpaired) electrons. The molecule has 2 heteroatoms. The maximum atomic E-state index is 8.97. The molecule has 0 amide bonds. The summed E-state index contributed by atoms with van der Waals surface area (Å²) in [6.45, 7) is 6.30. The minimum Gasteiger partial charge on any atom is -0.393 e. The molecule has 0 aromatic carbocycles. The molecular weight excluding hydrogens is 150 g/mol. The van der Waals surface area contributed by atoms with E-state index in [2.05, 4.69) is 12.2 Å².